The van der Waals surface area contributed by atoms with Crippen molar-refractivity contribution >= 4 is 23.6 Å². The van der Waals surface area contributed by atoms with Gasteiger partial charge in [-0.25, -0.2) is 0 Å². The molecule has 1 aliphatic rings. The van der Waals surface area contributed by atoms with Gasteiger partial charge in [-0.3, -0.25) is 9.48 Å². The number of hydrogen-bond donors (Lipinski definition) is 2. The standard InChI is InChI=1S/C16H24ClN3O2/c1-11(2)9-20-15(17)13(12(3)19-20)5-6-14(21)18-10-16(22)7-4-8-16/h5-6,11,22H,4,7-10H2,1-3H3,(H,18,21). The van der Waals surface area contributed by atoms with E-state index in [-0.39, 0.29) is 5.91 Å². The number of rotatable bonds is 6. The smallest absolute Gasteiger partial charge is 0.244 e. The van der Waals surface area contributed by atoms with E-state index in [2.05, 4.69) is 24.3 Å². The van der Waals surface area contributed by atoms with Crippen molar-refractivity contribution in [2.75, 3.05) is 6.54 Å². The van der Waals surface area contributed by atoms with Gasteiger partial charge in [0.1, 0.15) is 5.15 Å². The third kappa shape index (κ3) is 4.11. The highest BCUT2D eigenvalue weighted by Crippen LogP contribution is 2.30. The Labute approximate surface area is 136 Å². The number of aliphatic hydroxyl groups is 1. The summed E-state index contributed by atoms with van der Waals surface area (Å²) in [6.07, 6.45) is 5.65. The maximum absolute atomic E-state index is 11.8. The molecule has 0 unspecified atom stereocenters. The molecule has 122 valence electrons. The SMILES string of the molecule is Cc1nn(CC(C)C)c(Cl)c1C=CC(=O)NCC1(O)CCC1. The van der Waals surface area contributed by atoms with Crippen molar-refractivity contribution in [2.45, 2.75) is 52.2 Å². The summed E-state index contributed by atoms with van der Waals surface area (Å²) in [6, 6.07) is 0. The highest BCUT2D eigenvalue weighted by molar-refractivity contribution is 6.31. The fraction of sp³-hybridized carbons (Fsp3) is 0.625. The maximum atomic E-state index is 11.8. The average Bonchev–Trinajstić information content (AvgIpc) is 2.66. The van der Waals surface area contributed by atoms with Gasteiger partial charge in [-0.15, -0.1) is 0 Å². The molecule has 0 aliphatic heterocycles. The Morgan fingerprint density at radius 2 is 2.23 bits per heavy atom. The third-order valence-corrected chi connectivity index (χ3v) is 4.32. The molecule has 0 aromatic carbocycles. The number of nitrogens with one attached hydrogen (secondary N) is 1. The van der Waals surface area contributed by atoms with Crippen molar-refractivity contribution in [3.8, 4) is 0 Å². The Bertz CT molecular complexity index is 574. The molecule has 5 nitrogen and oxygen atoms in total. The zero-order valence-electron chi connectivity index (χ0n) is 13.4. The highest BCUT2D eigenvalue weighted by atomic mass is 35.5. The summed E-state index contributed by atoms with van der Waals surface area (Å²) in [6.45, 7) is 7.11. The van der Waals surface area contributed by atoms with Crippen molar-refractivity contribution in [2.24, 2.45) is 5.92 Å². The second-order valence-electron chi connectivity index (χ2n) is 6.49. The number of amides is 1. The van der Waals surface area contributed by atoms with Crippen molar-refractivity contribution < 1.29 is 9.90 Å². The van der Waals surface area contributed by atoms with Crippen LogP contribution >= 0.6 is 11.6 Å². The van der Waals surface area contributed by atoms with Crippen LogP contribution in [0.1, 0.15) is 44.4 Å². The lowest BCUT2D eigenvalue weighted by molar-refractivity contribution is -0.118. The molecule has 1 saturated carbocycles. The van der Waals surface area contributed by atoms with E-state index in [0.717, 1.165) is 37.1 Å². The number of aromatic nitrogens is 2. The molecular formula is C16H24ClN3O2. The zero-order valence-corrected chi connectivity index (χ0v) is 14.2. The van der Waals surface area contributed by atoms with Crippen LogP contribution in [0.2, 0.25) is 5.15 Å². The van der Waals surface area contributed by atoms with Gasteiger partial charge in [0.15, 0.2) is 0 Å². The van der Waals surface area contributed by atoms with Crippen LogP contribution in [-0.4, -0.2) is 32.9 Å². The van der Waals surface area contributed by atoms with E-state index in [4.69, 9.17) is 11.6 Å². The molecule has 1 heterocycles. The molecular weight excluding hydrogens is 302 g/mol. The molecule has 2 rings (SSSR count). The third-order valence-electron chi connectivity index (χ3n) is 3.92. The molecule has 22 heavy (non-hydrogen) atoms. The lowest BCUT2D eigenvalue weighted by Gasteiger charge is -2.36. The molecule has 0 atom stereocenters. The second-order valence-corrected chi connectivity index (χ2v) is 6.85. The summed E-state index contributed by atoms with van der Waals surface area (Å²) < 4.78 is 1.76. The predicted octanol–water partition coefficient (Wildman–Crippen LogP) is 2.55. The predicted molar refractivity (Wildman–Crippen MR) is 87.7 cm³/mol. The Morgan fingerprint density at radius 3 is 2.77 bits per heavy atom. The Balaban J connectivity index is 1.97. The van der Waals surface area contributed by atoms with Crippen LogP contribution in [0.3, 0.4) is 0 Å². The summed E-state index contributed by atoms with van der Waals surface area (Å²) in [5.74, 6) is 0.215. The molecule has 1 aromatic heterocycles. The number of nitrogens with zero attached hydrogens (tertiary/aromatic N) is 2. The van der Waals surface area contributed by atoms with Gasteiger partial charge in [-0.2, -0.15) is 5.10 Å². The van der Waals surface area contributed by atoms with Crippen LogP contribution < -0.4 is 5.32 Å². The molecule has 0 radical (unpaired) electrons. The topological polar surface area (TPSA) is 67.2 Å². The monoisotopic (exact) mass is 325 g/mol. The first-order valence-electron chi connectivity index (χ1n) is 7.72. The van der Waals surface area contributed by atoms with Gasteiger partial charge < -0.3 is 10.4 Å². The summed E-state index contributed by atoms with van der Waals surface area (Å²) in [5, 5.41) is 17.6. The molecule has 1 aromatic rings. The summed E-state index contributed by atoms with van der Waals surface area (Å²) in [7, 11) is 0. The van der Waals surface area contributed by atoms with Gasteiger partial charge in [0.25, 0.3) is 0 Å². The van der Waals surface area contributed by atoms with Crippen molar-refractivity contribution in [1.29, 1.82) is 0 Å². The summed E-state index contributed by atoms with van der Waals surface area (Å²) >= 11 is 6.32. The number of carbonyl (C=O) groups is 1. The van der Waals surface area contributed by atoms with Crippen LogP contribution in [-0.2, 0) is 11.3 Å². The molecule has 1 amide bonds. The van der Waals surface area contributed by atoms with Gasteiger partial charge in [-0.05, 0) is 38.2 Å². The van der Waals surface area contributed by atoms with E-state index >= 15 is 0 Å². The minimum Gasteiger partial charge on any atom is -0.388 e. The van der Waals surface area contributed by atoms with E-state index in [0.29, 0.717) is 17.6 Å². The lowest BCUT2D eigenvalue weighted by Crippen LogP contribution is -2.47. The van der Waals surface area contributed by atoms with Crippen LogP contribution in [0.4, 0.5) is 0 Å². The number of aryl methyl sites for hydroxylation is 1. The van der Waals surface area contributed by atoms with Gasteiger partial charge in [0, 0.05) is 24.7 Å². The Hall–Kier alpha value is -1.33. The Kier molecular flexibility index (Phi) is 5.29. The van der Waals surface area contributed by atoms with Gasteiger partial charge in [0.05, 0.1) is 11.3 Å². The largest absolute Gasteiger partial charge is 0.388 e. The van der Waals surface area contributed by atoms with E-state index in [9.17, 15) is 9.90 Å². The molecule has 0 spiro atoms. The normalized spacial score (nSPS) is 17.0. The quantitative estimate of drug-likeness (QED) is 0.790. The molecule has 0 saturated heterocycles. The molecule has 1 aliphatic carbocycles. The first kappa shape index (κ1) is 17.0. The summed E-state index contributed by atoms with van der Waals surface area (Å²) in [4.78, 5) is 11.8. The fourth-order valence-corrected chi connectivity index (χ4v) is 2.76. The second kappa shape index (κ2) is 6.84. The minimum absolute atomic E-state index is 0.229. The van der Waals surface area contributed by atoms with Crippen LogP contribution in [0.15, 0.2) is 6.08 Å². The fourth-order valence-electron chi connectivity index (χ4n) is 2.45. The lowest BCUT2D eigenvalue weighted by atomic mass is 9.80. The number of hydrogen-bond acceptors (Lipinski definition) is 3. The zero-order chi connectivity index (χ0) is 16.3. The molecule has 1 fully saturated rings. The van der Waals surface area contributed by atoms with Crippen molar-refractivity contribution in [1.82, 2.24) is 15.1 Å². The van der Waals surface area contributed by atoms with Crippen LogP contribution in [0.25, 0.3) is 6.08 Å². The van der Waals surface area contributed by atoms with E-state index < -0.39 is 5.60 Å². The number of halogens is 1. The molecule has 0 bridgehead atoms. The molecule has 6 heteroatoms. The molecule has 2 N–H and O–H groups in total. The van der Waals surface area contributed by atoms with Gasteiger partial charge >= 0.3 is 0 Å². The summed E-state index contributed by atoms with van der Waals surface area (Å²) in [5.41, 5.74) is 0.853. The maximum Gasteiger partial charge on any atom is 0.244 e. The minimum atomic E-state index is -0.709. The van der Waals surface area contributed by atoms with Crippen molar-refractivity contribution in [3.05, 3.63) is 22.5 Å². The van der Waals surface area contributed by atoms with Gasteiger partial charge in [-0.1, -0.05) is 25.4 Å². The highest BCUT2D eigenvalue weighted by Gasteiger charge is 2.34. The Morgan fingerprint density at radius 1 is 1.55 bits per heavy atom. The van der Waals surface area contributed by atoms with Gasteiger partial charge in [0.2, 0.25) is 5.91 Å². The van der Waals surface area contributed by atoms with E-state index in [1.807, 2.05) is 6.92 Å². The van der Waals surface area contributed by atoms with E-state index in [1.165, 1.54) is 6.08 Å². The number of carbonyl (C=O) groups excluding carboxylic acids is 1. The van der Waals surface area contributed by atoms with Crippen LogP contribution in [0, 0.1) is 12.8 Å². The first-order chi connectivity index (χ1) is 10.3. The van der Waals surface area contributed by atoms with Crippen molar-refractivity contribution in [3.63, 3.8) is 0 Å². The first-order valence-corrected chi connectivity index (χ1v) is 8.10. The van der Waals surface area contributed by atoms with Crippen LogP contribution in [0.5, 0.6) is 0 Å². The average molecular weight is 326 g/mol. The van der Waals surface area contributed by atoms with E-state index in [1.54, 1.807) is 10.8 Å².